The van der Waals surface area contributed by atoms with Crippen LogP contribution in [-0.2, 0) is 16.1 Å². The summed E-state index contributed by atoms with van der Waals surface area (Å²) < 4.78 is 28.0. The molecular weight excluding hydrogens is 386 g/mol. The van der Waals surface area contributed by atoms with Crippen LogP contribution in [0.2, 0.25) is 0 Å². The first-order chi connectivity index (χ1) is 14.5. The first-order valence-corrected chi connectivity index (χ1v) is 10.6. The van der Waals surface area contributed by atoms with Crippen molar-refractivity contribution >= 4 is 11.8 Å². The molecule has 1 aliphatic carbocycles. The smallest absolute Gasteiger partial charge is 0.250 e. The van der Waals surface area contributed by atoms with Crippen LogP contribution in [0.3, 0.4) is 0 Å². The molecule has 0 bridgehead atoms. The zero-order valence-corrected chi connectivity index (χ0v) is 16.9. The van der Waals surface area contributed by atoms with Crippen LogP contribution in [0.25, 0.3) is 0 Å². The third kappa shape index (κ3) is 4.23. The summed E-state index contributed by atoms with van der Waals surface area (Å²) in [4.78, 5) is 29.9. The van der Waals surface area contributed by atoms with Crippen LogP contribution in [0.15, 0.2) is 48.5 Å². The van der Waals surface area contributed by atoms with Crippen molar-refractivity contribution in [2.45, 2.75) is 57.2 Å². The third-order valence-electron chi connectivity index (χ3n) is 6.19. The highest BCUT2D eigenvalue weighted by Crippen LogP contribution is 2.34. The fourth-order valence-corrected chi connectivity index (χ4v) is 4.59. The quantitative estimate of drug-likeness (QED) is 0.689. The molecule has 158 valence electrons. The minimum atomic E-state index is -1.01. The summed E-state index contributed by atoms with van der Waals surface area (Å²) in [5.74, 6) is -1.31. The molecule has 0 unspecified atom stereocenters. The number of halogens is 2. The van der Waals surface area contributed by atoms with Gasteiger partial charge < -0.3 is 9.80 Å². The molecule has 30 heavy (non-hydrogen) atoms. The zero-order valence-electron chi connectivity index (χ0n) is 16.9. The maximum atomic E-state index is 14.7. The van der Waals surface area contributed by atoms with Crippen molar-refractivity contribution in [3.63, 3.8) is 0 Å². The fraction of sp³-hybridized carbons (Fsp3) is 0.417. The molecule has 2 aliphatic rings. The highest BCUT2D eigenvalue weighted by molar-refractivity contribution is 5.95. The summed E-state index contributed by atoms with van der Waals surface area (Å²) in [6.07, 6.45) is 6.10. The lowest BCUT2D eigenvalue weighted by molar-refractivity contribution is -0.159. The summed E-state index contributed by atoms with van der Waals surface area (Å²) in [5.41, 5.74) is 0.901. The summed E-state index contributed by atoms with van der Waals surface area (Å²) in [6, 6.07) is 11.0. The van der Waals surface area contributed by atoms with Crippen LogP contribution in [0.1, 0.15) is 55.7 Å². The second kappa shape index (κ2) is 8.94. The van der Waals surface area contributed by atoms with Crippen molar-refractivity contribution in [1.82, 2.24) is 9.80 Å². The average molecular weight is 412 g/mol. The summed E-state index contributed by atoms with van der Waals surface area (Å²) >= 11 is 0. The third-order valence-corrected chi connectivity index (χ3v) is 6.19. The van der Waals surface area contributed by atoms with Crippen molar-refractivity contribution in [3.05, 3.63) is 71.3 Å². The van der Waals surface area contributed by atoms with Crippen LogP contribution in [0.5, 0.6) is 0 Å². The Bertz CT molecular complexity index is 908. The van der Waals surface area contributed by atoms with Crippen LogP contribution in [0, 0.1) is 11.6 Å². The van der Waals surface area contributed by atoms with Crippen LogP contribution in [-0.4, -0.2) is 34.2 Å². The fourth-order valence-electron chi connectivity index (χ4n) is 4.59. The molecule has 4 nitrogen and oxygen atoms in total. The molecule has 1 atom stereocenters. The predicted octanol–water partition coefficient (Wildman–Crippen LogP) is 4.60. The standard InChI is InChI=1S/C24H26F2N2O2/c25-18-13-11-17(12-14-18)15-28-22(29)16-27(19-7-3-1-2-4-8-19)24(30)23(28)20-9-5-6-10-21(20)26/h5-6,9-14,19,23H,1-4,7-8,15-16H2/t23-/m1/s1. The molecular formula is C24H26F2N2O2. The van der Waals surface area contributed by atoms with E-state index in [1.807, 2.05) is 0 Å². The minimum Gasteiger partial charge on any atom is -0.328 e. The molecule has 1 saturated carbocycles. The first kappa shape index (κ1) is 20.5. The largest absolute Gasteiger partial charge is 0.328 e. The lowest BCUT2D eigenvalue weighted by Crippen LogP contribution is -2.58. The minimum absolute atomic E-state index is 0.00957. The lowest BCUT2D eigenvalue weighted by Gasteiger charge is -2.43. The number of carbonyl (C=O) groups is 2. The number of rotatable bonds is 4. The van der Waals surface area contributed by atoms with E-state index in [2.05, 4.69) is 0 Å². The van der Waals surface area contributed by atoms with Crippen molar-refractivity contribution in [2.75, 3.05) is 6.54 Å². The predicted molar refractivity (Wildman–Crippen MR) is 109 cm³/mol. The Morgan fingerprint density at radius 2 is 1.53 bits per heavy atom. The Morgan fingerprint density at radius 1 is 0.867 bits per heavy atom. The van der Waals surface area contributed by atoms with Gasteiger partial charge in [0.15, 0.2) is 0 Å². The van der Waals surface area contributed by atoms with E-state index < -0.39 is 11.9 Å². The van der Waals surface area contributed by atoms with Crippen molar-refractivity contribution < 1.29 is 18.4 Å². The molecule has 6 heteroatoms. The number of hydrogen-bond acceptors (Lipinski definition) is 2. The van der Waals surface area contributed by atoms with E-state index in [9.17, 15) is 18.4 Å². The molecule has 4 rings (SSSR count). The number of hydrogen-bond donors (Lipinski definition) is 0. The highest BCUT2D eigenvalue weighted by Gasteiger charge is 2.43. The van der Waals surface area contributed by atoms with Gasteiger partial charge in [0.2, 0.25) is 5.91 Å². The second-order valence-electron chi connectivity index (χ2n) is 8.18. The van der Waals surface area contributed by atoms with Crippen molar-refractivity contribution in [2.24, 2.45) is 0 Å². The molecule has 1 saturated heterocycles. The molecule has 2 fully saturated rings. The Morgan fingerprint density at radius 3 is 2.20 bits per heavy atom. The van der Waals surface area contributed by atoms with Gasteiger partial charge in [-0.1, -0.05) is 56.0 Å². The molecule has 2 aromatic rings. The number of benzene rings is 2. The van der Waals surface area contributed by atoms with Gasteiger partial charge in [0, 0.05) is 18.2 Å². The number of nitrogens with zero attached hydrogens (tertiary/aromatic N) is 2. The normalized spacial score (nSPS) is 21.1. The van der Waals surface area contributed by atoms with E-state index in [-0.39, 0.29) is 42.3 Å². The summed E-state index contributed by atoms with van der Waals surface area (Å²) in [7, 11) is 0. The van der Waals surface area contributed by atoms with Gasteiger partial charge >= 0.3 is 0 Å². The molecule has 2 aromatic carbocycles. The van der Waals surface area contributed by atoms with Crippen LogP contribution >= 0.6 is 0 Å². The molecule has 2 amide bonds. The molecule has 0 spiro atoms. The van der Waals surface area contributed by atoms with Crippen molar-refractivity contribution in [3.8, 4) is 0 Å². The van der Waals surface area contributed by atoms with E-state index in [0.717, 1.165) is 38.5 Å². The number of piperazine rings is 1. The van der Waals surface area contributed by atoms with Crippen LogP contribution < -0.4 is 0 Å². The topological polar surface area (TPSA) is 40.6 Å². The zero-order chi connectivity index (χ0) is 21.1. The van der Waals surface area contributed by atoms with Gasteiger partial charge in [0.1, 0.15) is 24.2 Å². The lowest BCUT2D eigenvalue weighted by atomic mass is 9.96. The maximum absolute atomic E-state index is 14.7. The summed E-state index contributed by atoms with van der Waals surface area (Å²) in [6.45, 7) is 0.137. The van der Waals surface area contributed by atoms with Gasteiger partial charge in [0.25, 0.3) is 5.91 Å². The van der Waals surface area contributed by atoms with Gasteiger partial charge in [-0.15, -0.1) is 0 Å². The number of amides is 2. The van der Waals surface area contributed by atoms with E-state index in [4.69, 9.17) is 0 Å². The van der Waals surface area contributed by atoms with Gasteiger partial charge in [0.05, 0.1) is 0 Å². The Hall–Kier alpha value is -2.76. The average Bonchev–Trinajstić information content (AvgIpc) is 3.02. The van der Waals surface area contributed by atoms with E-state index >= 15 is 0 Å². The molecule has 0 aromatic heterocycles. The Kier molecular flexibility index (Phi) is 6.11. The number of carbonyl (C=O) groups excluding carboxylic acids is 2. The highest BCUT2D eigenvalue weighted by atomic mass is 19.1. The van der Waals surface area contributed by atoms with Gasteiger partial charge in [-0.25, -0.2) is 8.78 Å². The van der Waals surface area contributed by atoms with E-state index in [0.29, 0.717) is 5.56 Å². The Balaban J connectivity index is 1.68. The van der Waals surface area contributed by atoms with E-state index in [1.54, 1.807) is 35.2 Å². The molecule has 0 N–H and O–H groups in total. The monoisotopic (exact) mass is 412 g/mol. The first-order valence-electron chi connectivity index (χ1n) is 10.6. The molecule has 1 aliphatic heterocycles. The maximum Gasteiger partial charge on any atom is 0.250 e. The second-order valence-corrected chi connectivity index (χ2v) is 8.18. The van der Waals surface area contributed by atoms with Gasteiger partial charge in [-0.05, 0) is 36.6 Å². The van der Waals surface area contributed by atoms with Gasteiger partial charge in [-0.3, -0.25) is 9.59 Å². The van der Waals surface area contributed by atoms with Crippen molar-refractivity contribution in [1.29, 1.82) is 0 Å². The SMILES string of the molecule is O=C1[C@@H](c2ccccc2F)N(Cc2ccc(F)cc2)C(=O)CN1C1CCCCCC1. The van der Waals surface area contributed by atoms with Crippen LogP contribution in [0.4, 0.5) is 8.78 Å². The summed E-state index contributed by atoms with van der Waals surface area (Å²) in [5, 5.41) is 0. The Labute approximate surface area is 175 Å². The van der Waals surface area contributed by atoms with E-state index in [1.165, 1.54) is 23.1 Å². The molecule has 0 radical (unpaired) electrons. The molecule has 1 heterocycles. The van der Waals surface area contributed by atoms with Gasteiger partial charge in [-0.2, -0.15) is 0 Å².